The summed E-state index contributed by atoms with van der Waals surface area (Å²) < 4.78 is 10.3. The number of hydrogen-bond donors (Lipinski definition) is 1. The monoisotopic (exact) mass is 364 g/mol. The van der Waals surface area contributed by atoms with Gasteiger partial charge in [-0.1, -0.05) is 29.8 Å². The number of nitrogens with zero attached hydrogens (tertiary/aromatic N) is 1. The fraction of sp³-hybridized carbons (Fsp3) is 0.444. The van der Waals surface area contributed by atoms with E-state index in [1.54, 1.807) is 37.1 Å². The minimum Gasteiger partial charge on any atom is -0.460 e. The normalized spacial score (nSPS) is 20.5. The van der Waals surface area contributed by atoms with Crippen molar-refractivity contribution in [1.82, 2.24) is 10.2 Å². The third-order valence-corrected chi connectivity index (χ3v) is 4.74. The third kappa shape index (κ3) is 3.65. The second kappa shape index (κ2) is 7.45. The molecule has 1 aromatic rings. The SMILES string of the molecule is COCCOC(=O)C1=C(C)N(C2CC2)C(=O)NC1c1ccccc1Cl. The highest BCUT2D eigenvalue weighted by Crippen LogP contribution is 2.39. The van der Waals surface area contributed by atoms with Crippen LogP contribution in [0.5, 0.6) is 0 Å². The van der Waals surface area contributed by atoms with Gasteiger partial charge in [-0.25, -0.2) is 9.59 Å². The summed E-state index contributed by atoms with van der Waals surface area (Å²) in [4.78, 5) is 26.9. The zero-order chi connectivity index (χ0) is 18.0. The largest absolute Gasteiger partial charge is 0.460 e. The molecule has 1 aromatic carbocycles. The zero-order valence-corrected chi connectivity index (χ0v) is 15.0. The van der Waals surface area contributed by atoms with E-state index in [4.69, 9.17) is 21.1 Å². The maximum atomic E-state index is 12.7. The molecule has 1 atom stereocenters. The molecule has 2 aliphatic rings. The molecule has 1 fully saturated rings. The fourth-order valence-corrected chi connectivity index (χ4v) is 3.28. The first-order chi connectivity index (χ1) is 12.0. The van der Waals surface area contributed by atoms with Gasteiger partial charge in [0, 0.05) is 23.9 Å². The standard InChI is InChI=1S/C18H21ClN2O4/c1-11-15(17(22)25-10-9-24-2)16(13-5-3-4-6-14(13)19)20-18(23)21(11)12-7-8-12/h3-6,12,16H,7-10H2,1-2H3,(H,20,23). The van der Waals surface area contributed by atoms with Crippen molar-refractivity contribution in [2.75, 3.05) is 20.3 Å². The van der Waals surface area contributed by atoms with Gasteiger partial charge in [0.2, 0.25) is 0 Å². The van der Waals surface area contributed by atoms with Crippen LogP contribution >= 0.6 is 11.6 Å². The zero-order valence-electron chi connectivity index (χ0n) is 14.3. The molecule has 1 aliphatic carbocycles. The van der Waals surface area contributed by atoms with E-state index in [0.29, 0.717) is 28.5 Å². The van der Waals surface area contributed by atoms with E-state index < -0.39 is 12.0 Å². The van der Waals surface area contributed by atoms with Gasteiger partial charge in [-0.3, -0.25) is 4.90 Å². The number of nitrogens with one attached hydrogen (secondary N) is 1. The van der Waals surface area contributed by atoms with Crippen molar-refractivity contribution in [3.8, 4) is 0 Å². The number of ether oxygens (including phenoxy) is 2. The first-order valence-corrected chi connectivity index (χ1v) is 8.63. The summed E-state index contributed by atoms with van der Waals surface area (Å²) in [7, 11) is 1.54. The van der Waals surface area contributed by atoms with Gasteiger partial charge in [-0.15, -0.1) is 0 Å². The minimum atomic E-state index is -0.633. The number of carbonyl (C=O) groups excluding carboxylic acids is 2. The summed E-state index contributed by atoms with van der Waals surface area (Å²) in [6.45, 7) is 2.25. The van der Waals surface area contributed by atoms with Crippen molar-refractivity contribution in [3.05, 3.63) is 46.1 Å². The Balaban J connectivity index is 1.99. The highest BCUT2D eigenvalue weighted by molar-refractivity contribution is 6.31. The van der Waals surface area contributed by atoms with Crippen LogP contribution in [0.15, 0.2) is 35.5 Å². The van der Waals surface area contributed by atoms with Crippen molar-refractivity contribution < 1.29 is 19.1 Å². The van der Waals surface area contributed by atoms with Crippen LogP contribution in [0.4, 0.5) is 4.79 Å². The molecule has 0 spiro atoms. The predicted molar refractivity (Wildman–Crippen MR) is 93.1 cm³/mol. The van der Waals surface area contributed by atoms with Crippen molar-refractivity contribution >= 4 is 23.6 Å². The van der Waals surface area contributed by atoms with Gasteiger partial charge in [-0.05, 0) is 31.4 Å². The molecule has 25 heavy (non-hydrogen) atoms. The second-order valence-corrected chi connectivity index (χ2v) is 6.54. The average Bonchev–Trinajstić information content (AvgIpc) is 3.39. The van der Waals surface area contributed by atoms with E-state index in [1.165, 1.54) is 0 Å². The maximum absolute atomic E-state index is 12.7. The van der Waals surface area contributed by atoms with Gasteiger partial charge < -0.3 is 14.8 Å². The molecule has 3 rings (SSSR count). The lowest BCUT2D eigenvalue weighted by Gasteiger charge is -2.35. The number of hydrogen-bond acceptors (Lipinski definition) is 4. The van der Waals surface area contributed by atoms with Crippen LogP contribution in [0.2, 0.25) is 5.02 Å². The smallest absolute Gasteiger partial charge is 0.338 e. The van der Waals surface area contributed by atoms with Crippen molar-refractivity contribution in [2.45, 2.75) is 31.8 Å². The molecule has 1 unspecified atom stereocenters. The van der Waals surface area contributed by atoms with Gasteiger partial charge in [0.25, 0.3) is 0 Å². The average molecular weight is 365 g/mol. The van der Waals surface area contributed by atoms with Crippen LogP contribution in [0.3, 0.4) is 0 Å². The quantitative estimate of drug-likeness (QED) is 0.622. The molecule has 0 aromatic heterocycles. The highest BCUT2D eigenvalue weighted by atomic mass is 35.5. The van der Waals surface area contributed by atoms with Gasteiger partial charge in [0.15, 0.2) is 0 Å². The first-order valence-electron chi connectivity index (χ1n) is 8.25. The Morgan fingerprint density at radius 1 is 1.32 bits per heavy atom. The number of allylic oxidation sites excluding steroid dienone is 1. The van der Waals surface area contributed by atoms with Crippen LogP contribution < -0.4 is 5.32 Å². The van der Waals surface area contributed by atoms with Crippen LogP contribution in [0.1, 0.15) is 31.4 Å². The van der Waals surface area contributed by atoms with Crippen LogP contribution in [-0.2, 0) is 14.3 Å². The Morgan fingerprint density at radius 3 is 2.68 bits per heavy atom. The molecular weight excluding hydrogens is 344 g/mol. The van der Waals surface area contributed by atoms with E-state index in [9.17, 15) is 9.59 Å². The molecule has 1 saturated carbocycles. The number of carbonyl (C=O) groups is 2. The minimum absolute atomic E-state index is 0.147. The summed E-state index contributed by atoms with van der Waals surface area (Å²) in [6, 6.07) is 6.47. The lowest BCUT2D eigenvalue weighted by molar-refractivity contribution is -0.140. The van der Waals surface area contributed by atoms with Gasteiger partial charge in [0.05, 0.1) is 18.2 Å². The van der Waals surface area contributed by atoms with E-state index in [-0.39, 0.29) is 18.7 Å². The van der Waals surface area contributed by atoms with E-state index in [2.05, 4.69) is 5.32 Å². The van der Waals surface area contributed by atoms with E-state index in [1.807, 2.05) is 6.07 Å². The van der Waals surface area contributed by atoms with Crippen molar-refractivity contribution in [1.29, 1.82) is 0 Å². The molecule has 2 amide bonds. The summed E-state index contributed by atoms with van der Waals surface area (Å²) in [5, 5.41) is 3.40. The number of halogens is 1. The number of methoxy groups -OCH3 is 1. The number of benzene rings is 1. The number of rotatable bonds is 6. The fourth-order valence-electron chi connectivity index (χ4n) is 3.03. The Hall–Kier alpha value is -2.05. The highest BCUT2D eigenvalue weighted by Gasteiger charge is 2.42. The maximum Gasteiger partial charge on any atom is 0.338 e. The molecule has 1 heterocycles. The Bertz CT molecular complexity index is 715. The number of esters is 1. The van der Waals surface area contributed by atoms with Gasteiger partial charge in [-0.2, -0.15) is 0 Å². The Labute approximate surface area is 151 Å². The summed E-state index contributed by atoms with van der Waals surface area (Å²) >= 11 is 6.30. The molecule has 0 radical (unpaired) electrons. The molecular formula is C18H21ClN2O4. The topological polar surface area (TPSA) is 67.9 Å². The number of amides is 2. The molecule has 7 heteroatoms. The third-order valence-electron chi connectivity index (χ3n) is 4.40. The molecule has 134 valence electrons. The van der Waals surface area contributed by atoms with E-state index in [0.717, 1.165) is 12.8 Å². The molecule has 6 nitrogen and oxygen atoms in total. The lowest BCUT2D eigenvalue weighted by Crippen LogP contribution is -2.49. The van der Waals surface area contributed by atoms with Crippen LogP contribution in [-0.4, -0.2) is 43.3 Å². The van der Waals surface area contributed by atoms with Gasteiger partial charge >= 0.3 is 12.0 Å². The predicted octanol–water partition coefficient (Wildman–Crippen LogP) is 3.03. The van der Waals surface area contributed by atoms with Crippen molar-refractivity contribution in [2.24, 2.45) is 0 Å². The molecule has 0 bridgehead atoms. The van der Waals surface area contributed by atoms with Crippen molar-refractivity contribution in [3.63, 3.8) is 0 Å². The van der Waals surface area contributed by atoms with Gasteiger partial charge in [0.1, 0.15) is 6.61 Å². The Morgan fingerprint density at radius 2 is 2.04 bits per heavy atom. The molecule has 1 N–H and O–H groups in total. The summed E-state index contributed by atoms with van der Waals surface area (Å²) in [6.07, 6.45) is 1.88. The molecule has 0 saturated heterocycles. The second-order valence-electron chi connectivity index (χ2n) is 6.13. The van der Waals surface area contributed by atoms with Crippen LogP contribution in [0, 0.1) is 0 Å². The lowest BCUT2D eigenvalue weighted by atomic mass is 9.94. The summed E-state index contributed by atoms with van der Waals surface area (Å²) in [5.74, 6) is -0.467. The molecule has 1 aliphatic heterocycles. The van der Waals surface area contributed by atoms with Crippen LogP contribution in [0.25, 0.3) is 0 Å². The summed E-state index contributed by atoms with van der Waals surface area (Å²) in [5.41, 5.74) is 1.71. The van der Waals surface area contributed by atoms with E-state index >= 15 is 0 Å². The first kappa shape index (κ1) is 17.8. The number of urea groups is 1. The Kier molecular flexibility index (Phi) is 5.30.